The molecule has 2 aromatic heterocycles. The number of rotatable bonds is 1. The normalized spacial score (nSPS) is 14.6. The Labute approximate surface area is 175 Å². The van der Waals surface area contributed by atoms with Gasteiger partial charge in [0.2, 0.25) is 0 Å². The first-order chi connectivity index (χ1) is 13.8. The van der Waals surface area contributed by atoms with Crippen LogP contribution in [-0.4, -0.2) is 6.71 Å². The lowest BCUT2D eigenvalue weighted by molar-refractivity contribution is -0.147. The van der Waals surface area contributed by atoms with E-state index in [-0.39, 0.29) is 21.7 Å². The number of benzene rings is 1. The molecule has 0 saturated carbocycles. The molecule has 0 aliphatic carbocycles. The Hall–Kier alpha value is -1.60. The quantitative estimate of drug-likeness (QED) is 0.240. The monoisotopic (exact) mass is 488 g/mol. The van der Waals surface area contributed by atoms with E-state index >= 15 is 0 Å². The van der Waals surface area contributed by atoms with Gasteiger partial charge >= 0.3 is 18.5 Å². The van der Waals surface area contributed by atoms with E-state index in [1.807, 2.05) is 0 Å². The number of hydrogen-bond donors (Lipinski definition) is 0. The number of halogens is 9. The molecule has 0 N–H and O–H groups in total. The predicted octanol–water partition coefficient (Wildman–Crippen LogP) is 5.85. The first kappa shape index (κ1) is 21.6. The second-order valence-corrected chi connectivity index (χ2v) is 9.29. The molecule has 3 heterocycles. The lowest BCUT2D eigenvalue weighted by atomic mass is 9.40. The molecule has 30 heavy (non-hydrogen) atoms. The SMILES string of the molecule is FC(F)(F)c1cc(C(F)(F)F)c(B2c3sccc3Sc3ccsc32)c(C(F)(F)F)c1. The molecule has 1 aliphatic rings. The van der Waals surface area contributed by atoms with E-state index in [4.69, 9.17) is 0 Å². The summed E-state index contributed by atoms with van der Waals surface area (Å²) >= 11 is 3.15. The summed E-state index contributed by atoms with van der Waals surface area (Å²) in [6.45, 7) is -1.47. The maximum absolute atomic E-state index is 13.8. The van der Waals surface area contributed by atoms with Gasteiger partial charge in [-0.3, -0.25) is 0 Å². The molecule has 0 fully saturated rings. The second kappa shape index (κ2) is 6.96. The Kier molecular flexibility index (Phi) is 5.02. The van der Waals surface area contributed by atoms with Crippen LogP contribution in [0.5, 0.6) is 0 Å². The van der Waals surface area contributed by atoms with E-state index in [0.29, 0.717) is 9.79 Å². The van der Waals surface area contributed by atoms with Crippen molar-refractivity contribution in [2.24, 2.45) is 0 Å². The third kappa shape index (κ3) is 3.64. The van der Waals surface area contributed by atoms with E-state index in [2.05, 4.69) is 0 Å². The molecule has 0 bridgehead atoms. The Morgan fingerprint density at radius 3 is 1.43 bits per heavy atom. The van der Waals surface area contributed by atoms with Crippen molar-refractivity contribution in [3.63, 3.8) is 0 Å². The number of alkyl halides is 9. The largest absolute Gasteiger partial charge is 0.416 e. The van der Waals surface area contributed by atoms with Gasteiger partial charge in [-0.2, -0.15) is 62.2 Å². The molecule has 13 heteroatoms. The summed E-state index contributed by atoms with van der Waals surface area (Å²) in [7, 11) is 0. The standard InChI is InChI=1S/C17H6BF9S3/c19-15(20,21)7-5-8(16(22,23)24)12(9(6-7)17(25,26)27)18-13-10(1-3-28-13)30-11-2-4-29-14(11)18/h1-6H. The molecule has 1 aliphatic heterocycles. The molecule has 0 unspecified atom stereocenters. The Balaban J connectivity index is 2.12. The zero-order valence-corrected chi connectivity index (χ0v) is 16.6. The van der Waals surface area contributed by atoms with Gasteiger partial charge in [0.1, 0.15) is 0 Å². The van der Waals surface area contributed by atoms with Crippen LogP contribution in [0.25, 0.3) is 0 Å². The van der Waals surface area contributed by atoms with E-state index in [1.54, 1.807) is 12.1 Å². The molecule has 0 saturated heterocycles. The molecule has 0 nitrogen and oxygen atoms in total. The Morgan fingerprint density at radius 2 is 1.07 bits per heavy atom. The number of hydrogen-bond acceptors (Lipinski definition) is 3. The molecule has 0 spiro atoms. The summed E-state index contributed by atoms with van der Waals surface area (Å²) in [5, 5.41) is 3.07. The van der Waals surface area contributed by atoms with Gasteiger partial charge < -0.3 is 0 Å². The van der Waals surface area contributed by atoms with Crippen molar-refractivity contribution in [2.75, 3.05) is 0 Å². The summed E-state index contributed by atoms with van der Waals surface area (Å²) in [4.78, 5) is 0.967. The topological polar surface area (TPSA) is 0 Å². The molecule has 4 rings (SSSR count). The van der Waals surface area contributed by atoms with Crippen molar-refractivity contribution >= 4 is 56.2 Å². The fourth-order valence-corrected chi connectivity index (χ4v) is 6.85. The maximum atomic E-state index is 13.8. The van der Waals surface area contributed by atoms with Gasteiger partial charge in [-0.05, 0) is 50.0 Å². The Bertz CT molecular complexity index is 1030. The van der Waals surface area contributed by atoms with Gasteiger partial charge in [0, 0.05) is 9.79 Å². The fraction of sp³-hybridized carbons (Fsp3) is 0.176. The Morgan fingerprint density at radius 1 is 0.633 bits per heavy atom. The van der Waals surface area contributed by atoms with Crippen molar-refractivity contribution in [1.82, 2.24) is 0 Å². The zero-order chi connectivity index (χ0) is 22.1. The highest BCUT2D eigenvalue weighted by Crippen LogP contribution is 2.41. The van der Waals surface area contributed by atoms with Crippen molar-refractivity contribution in [3.05, 3.63) is 51.7 Å². The summed E-state index contributed by atoms with van der Waals surface area (Å²) in [5.41, 5.74) is -7.05. The minimum Gasteiger partial charge on any atom is -0.166 e. The zero-order valence-electron chi connectivity index (χ0n) is 14.2. The molecule has 158 valence electrons. The highest BCUT2D eigenvalue weighted by atomic mass is 32.2. The summed E-state index contributed by atoms with van der Waals surface area (Å²) in [5.74, 6) is 0. The first-order valence-corrected chi connectivity index (χ1v) is 10.6. The van der Waals surface area contributed by atoms with Crippen LogP contribution < -0.4 is 15.0 Å². The molecule has 1 aromatic carbocycles. The van der Waals surface area contributed by atoms with E-state index < -0.39 is 47.4 Å². The van der Waals surface area contributed by atoms with E-state index in [1.165, 1.54) is 22.5 Å². The fourth-order valence-electron chi connectivity index (χ4n) is 3.30. The smallest absolute Gasteiger partial charge is 0.166 e. The van der Waals surface area contributed by atoms with E-state index in [9.17, 15) is 39.5 Å². The molecule has 0 atom stereocenters. The molecule has 3 aromatic rings. The summed E-state index contributed by atoms with van der Waals surface area (Å²) in [6.07, 6.45) is -16.2. The average Bonchev–Trinajstić information content (AvgIpc) is 3.24. The first-order valence-electron chi connectivity index (χ1n) is 8.00. The number of thiophene rings is 2. The van der Waals surface area contributed by atoms with Crippen LogP contribution in [0.15, 0.2) is 44.8 Å². The van der Waals surface area contributed by atoms with E-state index in [0.717, 1.165) is 22.7 Å². The third-order valence-corrected chi connectivity index (χ3v) is 7.84. The van der Waals surface area contributed by atoms with Crippen LogP contribution in [0, 0.1) is 0 Å². The third-order valence-electron chi connectivity index (χ3n) is 4.47. The van der Waals surface area contributed by atoms with Crippen LogP contribution in [0.2, 0.25) is 0 Å². The van der Waals surface area contributed by atoms with Gasteiger partial charge in [0.15, 0.2) is 0 Å². The van der Waals surface area contributed by atoms with Gasteiger partial charge in [0.05, 0.1) is 16.7 Å². The van der Waals surface area contributed by atoms with Crippen LogP contribution >= 0.6 is 34.4 Å². The molecule has 0 radical (unpaired) electrons. The predicted molar refractivity (Wildman–Crippen MR) is 98.9 cm³/mol. The van der Waals surface area contributed by atoms with Crippen molar-refractivity contribution in [1.29, 1.82) is 0 Å². The summed E-state index contributed by atoms with van der Waals surface area (Å²) < 4.78 is 123. The second-order valence-electron chi connectivity index (χ2n) is 6.31. The highest BCUT2D eigenvalue weighted by molar-refractivity contribution is 8.00. The van der Waals surface area contributed by atoms with Crippen LogP contribution in [0.1, 0.15) is 16.7 Å². The van der Waals surface area contributed by atoms with Gasteiger partial charge in [-0.1, -0.05) is 11.8 Å². The van der Waals surface area contributed by atoms with Crippen LogP contribution in [0.4, 0.5) is 39.5 Å². The minimum atomic E-state index is -5.42. The lowest BCUT2D eigenvalue weighted by Gasteiger charge is -2.27. The van der Waals surface area contributed by atoms with Gasteiger partial charge in [-0.15, -0.1) is 0 Å². The minimum absolute atomic E-state index is 0.229. The van der Waals surface area contributed by atoms with Gasteiger partial charge in [-0.25, -0.2) is 0 Å². The number of fused-ring (bicyclic) bond motifs is 2. The van der Waals surface area contributed by atoms with Crippen molar-refractivity contribution in [3.8, 4) is 0 Å². The molecule has 0 amide bonds. The van der Waals surface area contributed by atoms with Crippen LogP contribution in [-0.2, 0) is 18.5 Å². The van der Waals surface area contributed by atoms with Gasteiger partial charge in [0.25, 0.3) is 6.71 Å². The maximum Gasteiger partial charge on any atom is 0.416 e. The highest BCUT2D eigenvalue weighted by Gasteiger charge is 2.49. The molecular weight excluding hydrogens is 482 g/mol. The molecular formula is C17H6BF9S3. The summed E-state index contributed by atoms with van der Waals surface area (Å²) in [6, 6.07) is 2.69. The van der Waals surface area contributed by atoms with Crippen LogP contribution in [0.3, 0.4) is 0 Å². The average molecular weight is 488 g/mol. The lowest BCUT2D eigenvalue weighted by Crippen LogP contribution is -2.56. The van der Waals surface area contributed by atoms with Crippen molar-refractivity contribution < 1.29 is 39.5 Å². The van der Waals surface area contributed by atoms with Crippen molar-refractivity contribution in [2.45, 2.75) is 28.3 Å².